The van der Waals surface area contributed by atoms with E-state index in [1.54, 1.807) is 0 Å². The molecule has 0 radical (unpaired) electrons. The lowest BCUT2D eigenvalue weighted by Crippen LogP contribution is -2.31. The van der Waals surface area contributed by atoms with Crippen LogP contribution in [-0.2, 0) is 9.53 Å². The van der Waals surface area contributed by atoms with Gasteiger partial charge in [-0.1, -0.05) is 12.1 Å². The SMILES string of the molecule is CCOC(=O)CCN(CCCOc1cccc2c1OC(C)(C)O2)CCCOc1cccc2c1OC(C)(C)O2. The lowest BCUT2D eigenvalue weighted by Gasteiger charge is -2.22. The maximum absolute atomic E-state index is 11.9. The van der Waals surface area contributed by atoms with E-state index in [1.807, 2.05) is 71.0 Å². The van der Waals surface area contributed by atoms with Gasteiger partial charge < -0.3 is 38.1 Å². The highest BCUT2D eigenvalue weighted by atomic mass is 16.7. The van der Waals surface area contributed by atoms with Crippen LogP contribution in [0.1, 0.15) is 53.9 Å². The molecule has 2 aliphatic heterocycles. The van der Waals surface area contributed by atoms with Crippen molar-refractivity contribution in [3.05, 3.63) is 36.4 Å². The highest BCUT2D eigenvalue weighted by molar-refractivity contribution is 5.69. The van der Waals surface area contributed by atoms with Crippen LogP contribution in [0.25, 0.3) is 0 Å². The first-order valence-electron chi connectivity index (χ1n) is 13.3. The van der Waals surface area contributed by atoms with Gasteiger partial charge in [-0.05, 0) is 44.0 Å². The molecule has 0 fully saturated rings. The summed E-state index contributed by atoms with van der Waals surface area (Å²) in [5.74, 6) is 2.39. The number of para-hydroxylation sites is 2. The van der Waals surface area contributed by atoms with E-state index in [0.717, 1.165) is 25.9 Å². The normalized spacial score (nSPS) is 15.9. The molecule has 2 aromatic rings. The van der Waals surface area contributed by atoms with E-state index in [4.69, 9.17) is 33.2 Å². The third-order valence-corrected chi connectivity index (χ3v) is 5.98. The fraction of sp³-hybridized carbons (Fsp3) is 0.552. The number of benzene rings is 2. The van der Waals surface area contributed by atoms with Gasteiger partial charge in [-0.25, -0.2) is 0 Å². The topological polar surface area (TPSA) is 84.9 Å². The molecule has 0 bridgehead atoms. The summed E-state index contributed by atoms with van der Waals surface area (Å²) >= 11 is 0. The summed E-state index contributed by atoms with van der Waals surface area (Å²) in [4.78, 5) is 14.2. The van der Waals surface area contributed by atoms with Gasteiger partial charge in [0.25, 0.3) is 0 Å². The molecule has 2 heterocycles. The molecule has 9 heteroatoms. The van der Waals surface area contributed by atoms with Gasteiger partial charge in [0.15, 0.2) is 23.0 Å². The molecule has 0 N–H and O–H groups in total. The van der Waals surface area contributed by atoms with Gasteiger partial charge in [-0.3, -0.25) is 4.79 Å². The predicted octanol–water partition coefficient (Wildman–Crippen LogP) is 5.19. The minimum atomic E-state index is -0.705. The highest BCUT2D eigenvalue weighted by Gasteiger charge is 2.35. The summed E-state index contributed by atoms with van der Waals surface area (Å²) in [5, 5.41) is 0. The molecule has 0 amide bonds. The highest BCUT2D eigenvalue weighted by Crippen LogP contribution is 2.46. The number of hydrogen-bond donors (Lipinski definition) is 0. The first kappa shape index (κ1) is 27.7. The second-order valence-corrected chi connectivity index (χ2v) is 10.2. The molecule has 208 valence electrons. The number of ether oxygens (including phenoxy) is 7. The van der Waals surface area contributed by atoms with Gasteiger partial charge in [0, 0.05) is 47.3 Å². The Kier molecular flexibility index (Phi) is 8.76. The summed E-state index contributed by atoms with van der Waals surface area (Å²) in [5.41, 5.74) is 0. The smallest absolute Gasteiger partial charge is 0.307 e. The van der Waals surface area contributed by atoms with Crippen molar-refractivity contribution in [1.29, 1.82) is 0 Å². The van der Waals surface area contributed by atoms with E-state index in [0.29, 0.717) is 67.3 Å². The zero-order valence-electron chi connectivity index (χ0n) is 23.0. The Labute approximate surface area is 224 Å². The van der Waals surface area contributed by atoms with Crippen LogP contribution < -0.4 is 28.4 Å². The first-order valence-corrected chi connectivity index (χ1v) is 13.3. The quantitative estimate of drug-likeness (QED) is 0.242. The molecular weight excluding hydrogens is 490 g/mol. The molecule has 9 nitrogen and oxygen atoms in total. The minimum Gasteiger partial charge on any atom is -0.489 e. The number of carbonyl (C=O) groups is 1. The molecule has 0 aromatic heterocycles. The van der Waals surface area contributed by atoms with Gasteiger partial charge in [0.2, 0.25) is 23.1 Å². The van der Waals surface area contributed by atoms with E-state index < -0.39 is 11.6 Å². The zero-order valence-corrected chi connectivity index (χ0v) is 23.0. The van der Waals surface area contributed by atoms with Crippen molar-refractivity contribution in [1.82, 2.24) is 4.90 Å². The van der Waals surface area contributed by atoms with Crippen LogP contribution in [0.4, 0.5) is 0 Å². The van der Waals surface area contributed by atoms with Crippen LogP contribution in [0.2, 0.25) is 0 Å². The van der Waals surface area contributed by atoms with Crippen molar-refractivity contribution >= 4 is 5.97 Å². The Morgan fingerprint density at radius 2 is 1.26 bits per heavy atom. The van der Waals surface area contributed by atoms with Crippen molar-refractivity contribution in [3.8, 4) is 34.5 Å². The molecule has 0 unspecified atom stereocenters. The summed E-state index contributed by atoms with van der Waals surface area (Å²) in [6.45, 7) is 12.8. The van der Waals surface area contributed by atoms with Gasteiger partial charge in [-0.2, -0.15) is 0 Å². The Balaban J connectivity index is 1.25. The molecule has 0 spiro atoms. The van der Waals surface area contributed by atoms with Crippen molar-refractivity contribution < 1.29 is 38.0 Å². The van der Waals surface area contributed by atoms with Crippen molar-refractivity contribution in [2.24, 2.45) is 0 Å². The van der Waals surface area contributed by atoms with E-state index >= 15 is 0 Å². The summed E-state index contributed by atoms with van der Waals surface area (Å²) in [6, 6.07) is 11.3. The van der Waals surface area contributed by atoms with Crippen molar-refractivity contribution in [2.75, 3.05) is 39.5 Å². The monoisotopic (exact) mass is 529 g/mol. The molecule has 0 aliphatic carbocycles. The second-order valence-electron chi connectivity index (χ2n) is 10.2. The Morgan fingerprint density at radius 3 is 1.74 bits per heavy atom. The largest absolute Gasteiger partial charge is 0.489 e. The fourth-order valence-electron chi connectivity index (χ4n) is 4.40. The predicted molar refractivity (Wildman–Crippen MR) is 141 cm³/mol. The lowest BCUT2D eigenvalue weighted by molar-refractivity contribution is -0.143. The number of carbonyl (C=O) groups excluding carboxylic acids is 1. The van der Waals surface area contributed by atoms with Crippen LogP contribution in [-0.4, -0.2) is 61.9 Å². The number of esters is 1. The molecule has 38 heavy (non-hydrogen) atoms. The van der Waals surface area contributed by atoms with Crippen LogP contribution in [0.15, 0.2) is 36.4 Å². The van der Waals surface area contributed by atoms with Crippen LogP contribution in [0, 0.1) is 0 Å². The Hall–Kier alpha value is -3.33. The third kappa shape index (κ3) is 7.37. The molecular formula is C29H39NO8. The molecule has 0 saturated heterocycles. The second kappa shape index (κ2) is 12.0. The summed E-state index contributed by atoms with van der Waals surface area (Å²) < 4.78 is 40.5. The minimum absolute atomic E-state index is 0.191. The van der Waals surface area contributed by atoms with Gasteiger partial charge in [-0.15, -0.1) is 0 Å². The molecule has 2 aliphatic rings. The fourth-order valence-corrected chi connectivity index (χ4v) is 4.40. The number of hydrogen-bond acceptors (Lipinski definition) is 9. The van der Waals surface area contributed by atoms with Gasteiger partial charge in [0.1, 0.15) is 0 Å². The Bertz CT molecular complexity index is 1020. The average Bonchev–Trinajstić information content (AvgIpc) is 3.36. The summed E-state index contributed by atoms with van der Waals surface area (Å²) in [6.07, 6.45) is 1.91. The molecule has 0 atom stereocenters. The van der Waals surface area contributed by atoms with E-state index in [-0.39, 0.29) is 5.97 Å². The zero-order chi connectivity index (χ0) is 27.2. The van der Waals surface area contributed by atoms with E-state index in [9.17, 15) is 4.79 Å². The van der Waals surface area contributed by atoms with Crippen LogP contribution in [0.3, 0.4) is 0 Å². The standard InChI is InChI=1S/C29H39NO8/c1-6-32-25(31)15-18-30(16-9-19-33-21-11-7-13-23-26(21)37-28(2,3)35-23)17-10-20-34-22-12-8-14-24-27(22)38-29(4,5)36-24/h7-8,11-14H,6,9-10,15-20H2,1-5H3. The lowest BCUT2D eigenvalue weighted by atomic mass is 10.3. The number of fused-ring (bicyclic) bond motifs is 2. The maximum Gasteiger partial charge on any atom is 0.307 e. The van der Waals surface area contributed by atoms with E-state index in [1.165, 1.54) is 0 Å². The third-order valence-electron chi connectivity index (χ3n) is 5.98. The van der Waals surface area contributed by atoms with Crippen LogP contribution in [0.5, 0.6) is 34.5 Å². The number of rotatable bonds is 14. The summed E-state index contributed by atoms with van der Waals surface area (Å²) in [7, 11) is 0. The van der Waals surface area contributed by atoms with Crippen molar-refractivity contribution in [2.45, 2.75) is 65.5 Å². The Morgan fingerprint density at radius 1 is 0.763 bits per heavy atom. The maximum atomic E-state index is 11.9. The van der Waals surface area contributed by atoms with Gasteiger partial charge in [0.05, 0.1) is 26.2 Å². The van der Waals surface area contributed by atoms with E-state index in [2.05, 4.69) is 4.90 Å². The molecule has 0 saturated carbocycles. The number of nitrogens with zero attached hydrogens (tertiary/aromatic N) is 1. The van der Waals surface area contributed by atoms with Crippen LogP contribution >= 0.6 is 0 Å². The molecule has 2 aromatic carbocycles. The van der Waals surface area contributed by atoms with Crippen molar-refractivity contribution in [3.63, 3.8) is 0 Å². The van der Waals surface area contributed by atoms with Gasteiger partial charge >= 0.3 is 5.97 Å². The first-order chi connectivity index (χ1) is 18.2. The molecule has 4 rings (SSSR count). The average molecular weight is 530 g/mol.